The van der Waals surface area contributed by atoms with Crippen molar-refractivity contribution in [2.75, 3.05) is 12.4 Å². The zero-order valence-electron chi connectivity index (χ0n) is 9.39. The van der Waals surface area contributed by atoms with Gasteiger partial charge in [-0.25, -0.2) is 4.98 Å². The fourth-order valence-electron chi connectivity index (χ4n) is 1.26. The number of carbonyl (C=O) groups is 1. The average molecular weight is 252 g/mol. The highest BCUT2D eigenvalue weighted by atomic mass is 32.1. The number of hydrogen-bond acceptors (Lipinski definition) is 6. The van der Waals surface area contributed by atoms with Crippen molar-refractivity contribution < 1.29 is 4.79 Å². The zero-order chi connectivity index (χ0) is 12.3. The highest BCUT2D eigenvalue weighted by molar-refractivity contribution is 7.17. The zero-order valence-corrected chi connectivity index (χ0v) is 10.2. The largest absolute Gasteiger partial charge is 0.363 e. The topological polar surface area (TPSA) is 95.6 Å². The smallest absolute Gasteiger partial charge is 0.282 e. The normalized spacial score (nSPS) is 12.1. The molecule has 1 atom stereocenters. The van der Waals surface area contributed by atoms with Crippen LogP contribution >= 0.6 is 11.3 Å². The molecule has 0 fully saturated rings. The van der Waals surface area contributed by atoms with Crippen LogP contribution in [-0.2, 0) is 0 Å². The number of imidazole rings is 1. The molecule has 2 rings (SSSR count). The quantitative estimate of drug-likeness (QED) is 0.747. The second-order valence-corrected chi connectivity index (χ2v) is 4.31. The number of carbonyl (C=O) groups excluding carboxylic acids is 1. The SMILES string of the molecule is CNc1nnc(C(=O)NC(C)c2ncc[nH]2)s1. The maximum atomic E-state index is 11.8. The summed E-state index contributed by atoms with van der Waals surface area (Å²) in [4.78, 5) is 18.8. The van der Waals surface area contributed by atoms with E-state index in [1.807, 2.05) is 6.92 Å². The number of amides is 1. The monoisotopic (exact) mass is 252 g/mol. The molecular weight excluding hydrogens is 240 g/mol. The van der Waals surface area contributed by atoms with E-state index < -0.39 is 0 Å². The van der Waals surface area contributed by atoms with E-state index in [4.69, 9.17) is 0 Å². The second-order valence-electron chi connectivity index (χ2n) is 3.33. The summed E-state index contributed by atoms with van der Waals surface area (Å²) in [6, 6.07) is -0.195. The van der Waals surface area contributed by atoms with Gasteiger partial charge in [-0.1, -0.05) is 11.3 Å². The molecule has 0 aliphatic rings. The van der Waals surface area contributed by atoms with E-state index in [0.717, 1.165) is 0 Å². The minimum absolute atomic E-state index is 0.195. The first-order chi connectivity index (χ1) is 8.20. The van der Waals surface area contributed by atoms with E-state index in [1.165, 1.54) is 11.3 Å². The Morgan fingerprint density at radius 1 is 1.53 bits per heavy atom. The summed E-state index contributed by atoms with van der Waals surface area (Å²) in [6.07, 6.45) is 3.35. The van der Waals surface area contributed by atoms with Gasteiger partial charge in [0.25, 0.3) is 5.91 Å². The standard InChI is InChI=1S/C9H12N6OS/c1-5(6-11-3-4-12-6)13-7(16)8-14-15-9(10-2)17-8/h3-5H,1-2H3,(H,10,15)(H,11,12)(H,13,16). The van der Waals surface area contributed by atoms with Crippen LogP contribution in [0.1, 0.15) is 28.6 Å². The highest BCUT2D eigenvalue weighted by Crippen LogP contribution is 2.15. The first kappa shape index (κ1) is 11.5. The Morgan fingerprint density at radius 3 is 2.94 bits per heavy atom. The van der Waals surface area contributed by atoms with Gasteiger partial charge in [-0.2, -0.15) is 0 Å². The van der Waals surface area contributed by atoms with Crippen LogP contribution in [0.4, 0.5) is 5.13 Å². The number of aromatic nitrogens is 4. The summed E-state index contributed by atoms with van der Waals surface area (Å²) in [5, 5.41) is 14.1. The van der Waals surface area contributed by atoms with Gasteiger partial charge in [0, 0.05) is 19.4 Å². The van der Waals surface area contributed by atoms with Crippen LogP contribution in [0.25, 0.3) is 0 Å². The molecule has 1 unspecified atom stereocenters. The Morgan fingerprint density at radius 2 is 2.35 bits per heavy atom. The average Bonchev–Trinajstić information content (AvgIpc) is 3.00. The lowest BCUT2D eigenvalue weighted by molar-refractivity contribution is 0.0937. The summed E-state index contributed by atoms with van der Waals surface area (Å²) in [6.45, 7) is 1.84. The number of anilines is 1. The van der Waals surface area contributed by atoms with Crippen LogP contribution in [0, 0.1) is 0 Å². The van der Waals surface area contributed by atoms with Crippen molar-refractivity contribution in [1.29, 1.82) is 0 Å². The molecule has 0 radical (unpaired) electrons. The van der Waals surface area contributed by atoms with E-state index in [-0.39, 0.29) is 11.9 Å². The van der Waals surface area contributed by atoms with Gasteiger partial charge in [0.15, 0.2) is 0 Å². The van der Waals surface area contributed by atoms with E-state index in [2.05, 4.69) is 30.8 Å². The molecule has 2 heterocycles. The molecule has 3 N–H and O–H groups in total. The van der Waals surface area contributed by atoms with Crippen molar-refractivity contribution in [1.82, 2.24) is 25.5 Å². The van der Waals surface area contributed by atoms with E-state index >= 15 is 0 Å². The van der Waals surface area contributed by atoms with Crippen molar-refractivity contribution in [2.24, 2.45) is 0 Å². The molecule has 8 heteroatoms. The lowest BCUT2D eigenvalue weighted by Crippen LogP contribution is -2.27. The second kappa shape index (κ2) is 4.91. The fraction of sp³-hybridized carbons (Fsp3) is 0.333. The fourth-order valence-corrected chi connectivity index (χ4v) is 1.86. The first-order valence-electron chi connectivity index (χ1n) is 5.02. The molecule has 1 amide bonds. The van der Waals surface area contributed by atoms with Crippen LogP contribution in [0.2, 0.25) is 0 Å². The molecule has 0 saturated carbocycles. The van der Waals surface area contributed by atoms with Gasteiger partial charge in [-0.3, -0.25) is 4.79 Å². The van der Waals surface area contributed by atoms with E-state index in [0.29, 0.717) is 16.0 Å². The van der Waals surface area contributed by atoms with Gasteiger partial charge in [0.2, 0.25) is 10.1 Å². The number of nitrogens with one attached hydrogen (secondary N) is 3. The van der Waals surface area contributed by atoms with Crippen molar-refractivity contribution >= 4 is 22.4 Å². The van der Waals surface area contributed by atoms with Crippen LogP contribution in [0.3, 0.4) is 0 Å². The predicted molar refractivity (Wildman–Crippen MR) is 63.9 cm³/mol. The Kier molecular flexibility index (Phi) is 3.33. The molecule has 2 aromatic rings. The lowest BCUT2D eigenvalue weighted by Gasteiger charge is -2.09. The summed E-state index contributed by atoms with van der Waals surface area (Å²) in [7, 11) is 1.73. The van der Waals surface area contributed by atoms with Gasteiger partial charge < -0.3 is 15.6 Å². The highest BCUT2D eigenvalue weighted by Gasteiger charge is 2.16. The Labute approximate surface area is 102 Å². The third-order valence-electron chi connectivity index (χ3n) is 2.11. The first-order valence-corrected chi connectivity index (χ1v) is 5.83. The molecule has 0 aliphatic carbocycles. The Bertz CT molecular complexity index is 493. The van der Waals surface area contributed by atoms with Crippen molar-refractivity contribution in [2.45, 2.75) is 13.0 Å². The number of nitrogens with zero attached hydrogens (tertiary/aromatic N) is 3. The summed E-state index contributed by atoms with van der Waals surface area (Å²) in [5.41, 5.74) is 0. The van der Waals surface area contributed by atoms with E-state index in [1.54, 1.807) is 19.4 Å². The summed E-state index contributed by atoms with van der Waals surface area (Å²) >= 11 is 1.20. The minimum atomic E-state index is -0.257. The molecule has 0 aromatic carbocycles. The van der Waals surface area contributed by atoms with Crippen molar-refractivity contribution in [3.05, 3.63) is 23.2 Å². The Balaban J connectivity index is 2.01. The number of rotatable bonds is 4. The lowest BCUT2D eigenvalue weighted by atomic mass is 10.3. The van der Waals surface area contributed by atoms with E-state index in [9.17, 15) is 4.79 Å². The van der Waals surface area contributed by atoms with Crippen LogP contribution < -0.4 is 10.6 Å². The number of H-pyrrole nitrogens is 1. The molecule has 2 aromatic heterocycles. The predicted octanol–water partition coefficient (Wildman–Crippen LogP) is 0.794. The van der Waals surface area contributed by atoms with Gasteiger partial charge in [-0.15, -0.1) is 10.2 Å². The summed E-state index contributed by atoms with van der Waals surface area (Å²) in [5.74, 6) is 0.449. The molecule has 0 spiro atoms. The molecule has 17 heavy (non-hydrogen) atoms. The molecule has 0 saturated heterocycles. The third kappa shape index (κ3) is 2.59. The van der Waals surface area contributed by atoms with Gasteiger partial charge >= 0.3 is 0 Å². The van der Waals surface area contributed by atoms with Crippen molar-refractivity contribution in [3.63, 3.8) is 0 Å². The molecule has 0 bridgehead atoms. The third-order valence-corrected chi connectivity index (χ3v) is 3.05. The number of aromatic amines is 1. The van der Waals surface area contributed by atoms with Crippen LogP contribution in [-0.4, -0.2) is 33.1 Å². The molecule has 0 aliphatic heterocycles. The van der Waals surface area contributed by atoms with Crippen molar-refractivity contribution in [3.8, 4) is 0 Å². The van der Waals surface area contributed by atoms with Gasteiger partial charge in [0.1, 0.15) is 5.82 Å². The molecule has 7 nitrogen and oxygen atoms in total. The maximum Gasteiger partial charge on any atom is 0.282 e. The van der Waals surface area contributed by atoms with Gasteiger partial charge in [-0.05, 0) is 6.92 Å². The molecule has 90 valence electrons. The summed E-state index contributed by atoms with van der Waals surface area (Å²) < 4.78 is 0. The van der Waals surface area contributed by atoms with Crippen LogP contribution in [0.15, 0.2) is 12.4 Å². The maximum absolute atomic E-state index is 11.8. The van der Waals surface area contributed by atoms with Crippen LogP contribution in [0.5, 0.6) is 0 Å². The minimum Gasteiger partial charge on any atom is -0.363 e. The molecular formula is C9H12N6OS. The Hall–Kier alpha value is -1.96. The number of hydrogen-bond donors (Lipinski definition) is 3. The van der Waals surface area contributed by atoms with Gasteiger partial charge in [0.05, 0.1) is 6.04 Å².